The van der Waals surface area contributed by atoms with Crippen LogP contribution in [0.15, 0.2) is 22.7 Å². The molecule has 1 aliphatic rings. The molecule has 1 aromatic carbocycles. The van der Waals surface area contributed by atoms with Gasteiger partial charge in [-0.05, 0) is 69.1 Å². The number of piperidine rings is 1. The van der Waals surface area contributed by atoms with E-state index in [-0.39, 0.29) is 0 Å². The number of halogens is 1. The highest BCUT2D eigenvalue weighted by Crippen LogP contribution is 2.18. The molecule has 1 saturated heterocycles. The Labute approximate surface area is 119 Å². The Bertz CT molecular complexity index is 386. The van der Waals surface area contributed by atoms with Crippen LogP contribution in [-0.4, -0.2) is 31.6 Å². The highest BCUT2D eigenvalue weighted by atomic mass is 79.9. The second-order valence-electron chi connectivity index (χ2n) is 5.48. The smallest absolute Gasteiger partial charge is 0.0233 e. The number of nitrogens with one attached hydrogen (secondary N) is 1. The van der Waals surface area contributed by atoms with E-state index in [0.29, 0.717) is 0 Å². The zero-order valence-corrected chi connectivity index (χ0v) is 13.0. The summed E-state index contributed by atoms with van der Waals surface area (Å²) < 4.78 is 1.18. The summed E-state index contributed by atoms with van der Waals surface area (Å²) in [4.78, 5) is 2.45. The van der Waals surface area contributed by atoms with Gasteiger partial charge in [-0.2, -0.15) is 0 Å². The van der Waals surface area contributed by atoms with Crippen LogP contribution in [0.3, 0.4) is 0 Å². The fourth-order valence-corrected chi connectivity index (χ4v) is 3.09. The first-order chi connectivity index (χ1) is 8.65. The largest absolute Gasteiger partial charge is 0.316 e. The molecule has 0 aliphatic carbocycles. The first-order valence-corrected chi connectivity index (χ1v) is 7.59. The van der Waals surface area contributed by atoms with E-state index in [1.165, 1.54) is 48.1 Å². The first-order valence-electron chi connectivity index (χ1n) is 6.79. The average molecular weight is 311 g/mol. The highest BCUT2D eigenvalue weighted by molar-refractivity contribution is 9.10. The Morgan fingerprint density at radius 1 is 1.44 bits per heavy atom. The summed E-state index contributed by atoms with van der Waals surface area (Å²) in [5.41, 5.74) is 2.81. The third kappa shape index (κ3) is 4.08. The van der Waals surface area contributed by atoms with Crippen LogP contribution in [0.1, 0.15) is 24.0 Å². The first kappa shape index (κ1) is 14.0. The number of nitrogens with zero attached hydrogens (tertiary/aromatic N) is 1. The SMILES string of the molecule is Cc1ccc(Br)cc1CN(C)CC1CCCNC1. The summed E-state index contributed by atoms with van der Waals surface area (Å²) in [6.45, 7) is 6.81. The average Bonchev–Trinajstić information content (AvgIpc) is 2.35. The molecule has 1 N–H and O–H groups in total. The van der Waals surface area contributed by atoms with E-state index in [2.05, 4.69) is 58.3 Å². The van der Waals surface area contributed by atoms with Gasteiger partial charge in [0.25, 0.3) is 0 Å². The van der Waals surface area contributed by atoms with E-state index in [4.69, 9.17) is 0 Å². The van der Waals surface area contributed by atoms with Crippen LogP contribution in [0.2, 0.25) is 0 Å². The Morgan fingerprint density at radius 2 is 2.28 bits per heavy atom. The molecule has 0 aromatic heterocycles. The molecule has 2 rings (SSSR count). The Kier molecular flexibility index (Phi) is 5.22. The number of hydrogen-bond donors (Lipinski definition) is 1. The molecule has 0 spiro atoms. The predicted molar refractivity (Wildman–Crippen MR) is 80.8 cm³/mol. The molecule has 1 aromatic rings. The molecular formula is C15H23BrN2. The molecule has 18 heavy (non-hydrogen) atoms. The van der Waals surface area contributed by atoms with Crippen molar-refractivity contribution in [1.29, 1.82) is 0 Å². The van der Waals surface area contributed by atoms with Crippen LogP contribution < -0.4 is 5.32 Å². The summed E-state index contributed by atoms with van der Waals surface area (Å²) in [7, 11) is 2.23. The summed E-state index contributed by atoms with van der Waals surface area (Å²) in [5.74, 6) is 0.816. The molecule has 1 heterocycles. The summed E-state index contributed by atoms with van der Waals surface area (Å²) >= 11 is 3.56. The van der Waals surface area contributed by atoms with Crippen molar-refractivity contribution in [1.82, 2.24) is 10.2 Å². The topological polar surface area (TPSA) is 15.3 Å². The maximum absolute atomic E-state index is 3.56. The molecule has 3 heteroatoms. The van der Waals surface area contributed by atoms with E-state index >= 15 is 0 Å². The van der Waals surface area contributed by atoms with Crippen LogP contribution in [0.4, 0.5) is 0 Å². The number of aryl methyl sites for hydroxylation is 1. The van der Waals surface area contributed by atoms with E-state index in [1.807, 2.05) is 0 Å². The van der Waals surface area contributed by atoms with Crippen molar-refractivity contribution >= 4 is 15.9 Å². The van der Waals surface area contributed by atoms with E-state index < -0.39 is 0 Å². The fourth-order valence-electron chi connectivity index (χ4n) is 2.69. The maximum atomic E-state index is 3.56. The standard InChI is InChI=1S/C15H23BrN2/c1-12-5-6-15(16)8-14(12)11-18(2)10-13-4-3-7-17-9-13/h5-6,8,13,17H,3-4,7,9-11H2,1-2H3. The van der Waals surface area contributed by atoms with Gasteiger partial charge >= 0.3 is 0 Å². The molecule has 1 fully saturated rings. The molecule has 0 bridgehead atoms. The molecule has 100 valence electrons. The van der Waals surface area contributed by atoms with Crippen molar-refractivity contribution < 1.29 is 0 Å². The van der Waals surface area contributed by atoms with Crippen molar-refractivity contribution in [2.75, 3.05) is 26.7 Å². The molecule has 0 saturated carbocycles. The van der Waals surface area contributed by atoms with Crippen molar-refractivity contribution in [3.05, 3.63) is 33.8 Å². The lowest BCUT2D eigenvalue weighted by molar-refractivity contribution is 0.237. The van der Waals surface area contributed by atoms with Gasteiger partial charge in [0, 0.05) is 17.6 Å². The van der Waals surface area contributed by atoms with Crippen molar-refractivity contribution in [2.45, 2.75) is 26.3 Å². The van der Waals surface area contributed by atoms with Crippen molar-refractivity contribution in [3.63, 3.8) is 0 Å². The summed E-state index contributed by atoms with van der Waals surface area (Å²) in [5, 5.41) is 3.49. The minimum absolute atomic E-state index is 0.816. The molecule has 1 atom stereocenters. The zero-order chi connectivity index (χ0) is 13.0. The van der Waals surface area contributed by atoms with Gasteiger partial charge in [0.1, 0.15) is 0 Å². The number of rotatable bonds is 4. The molecule has 0 amide bonds. The van der Waals surface area contributed by atoms with Gasteiger partial charge in [-0.15, -0.1) is 0 Å². The number of benzene rings is 1. The van der Waals surface area contributed by atoms with Gasteiger partial charge in [0.15, 0.2) is 0 Å². The molecule has 1 aliphatic heterocycles. The fraction of sp³-hybridized carbons (Fsp3) is 0.600. The third-order valence-electron chi connectivity index (χ3n) is 3.72. The Hall–Kier alpha value is -0.380. The van der Waals surface area contributed by atoms with E-state index in [9.17, 15) is 0 Å². The zero-order valence-electron chi connectivity index (χ0n) is 11.4. The normalized spacial score (nSPS) is 20.3. The van der Waals surface area contributed by atoms with Gasteiger partial charge in [0.05, 0.1) is 0 Å². The lowest BCUT2D eigenvalue weighted by Gasteiger charge is -2.28. The second-order valence-corrected chi connectivity index (χ2v) is 6.40. The van der Waals surface area contributed by atoms with Crippen LogP contribution in [-0.2, 0) is 6.54 Å². The van der Waals surface area contributed by atoms with Gasteiger partial charge in [-0.1, -0.05) is 22.0 Å². The Morgan fingerprint density at radius 3 is 3.00 bits per heavy atom. The Balaban J connectivity index is 1.89. The quantitative estimate of drug-likeness (QED) is 0.919. The lowest BCUT2D eigenvalue weighted by atomic mass is 9.99. The number of hydrogen-bond acceptors (Lipinski definition) is 2. The highest BCUT2D eigenvalue weighted by Gasteiger charge is 2.15. The third-order valence-corrected chi connectivity index (χ3v) is 4.21. The van der Waals surface area contributed by atoms with Gasteiger partial charge in [0.2, 0.25) is 0 Å². The monoisotopic (exact) mass is 310 g/mol. The summed E-state index contributed by atoms with van der Waals surface area (Å²) in [6, 6.07) is 6.55. The second kappa shape index (κ2) is 6.69. The van der Waals surface area contributed by atoms with Crippen molar-refractivity contribution in [2.24, 2.45) is 5.92 Å². The van der Waals surface area contributed by atoms with Crippen LogP contribution in [0.5, 0.6) is 0 Å². The van der Waals surface area contributed by atoms with Gasteiger partial charge in [-0.3, -0.25) is 0 Å². The molecule has 0 radical (unpaired) electrons. The van der Waals surface area contributed by atoms with E-state index in [0.717, 1.165) is 12.5 Å². The lowest BCUT2D eigenvalue weighted by Crippen LogP contribution is -2.36. The van der Waals surface area contributed by atoms with Crippen LogP contribution in [0, 0.1) is 12.8 Å². The minimum Gasteiger partial charge on any atom is -0.316 e. The van der Waals surface area contributed by atoms with Crippen LogP contribution in [0.25, 0.3) is 0 Å². The van der Waals surface area contributed by atoms with Gasteiger partial charge in [-0.25, -0.2) is 0 Å². The maximum Gasteiger partial charge on any atom is 0.0233 e. The van der Waals surface area contributed by atoms with Crippen molar-refractivity contribution in [3.8, 4) is 0 Å². The molecule has 2 nitrogen and oxygen atoms in total. The summed E-state index contributed by atoms with van der Waals surface area (Å²) in [6.07, 6.45) is 2.70. The van der Waals surface area contributed by atoms with Crippen LogP contribution >= 0.6 is 15.9 Å². The minimum atomic E-state index is 0.816. The molecule has 1 unspecified atom stereocenters. The predicted octanol–water partition coefficient (Wildman–Crippen LogP) is 3.19. The van der Waals surface area contributed by atoms with Gasteiger partial charge < -0.3 is 10.2 Å². The molecular weight excluding hydrogens is 288 g/mol. The van der Waals surface area contributed by atoms with E-state index in [1.54, 1.807) is 0 Å².